The van der Waals surface area contributed by atoms with E-state index in [1.54, 1.807) is 7.11 Å². The Kier molecular flexibility index (Phi) is 9.43. The summed E-state index contributed by atoms with van der Waals surface area (Å²) in [5.74, 6) is 0. The van der Waals surface area contributed by atoms with Crippen molar-refractivity contribution < 1.29 is 14.2 Å². The molecule has 2 N–H and O–H groups in total. The van der Waals surface area contributed by atoms with E-state index in [-0.39, 0.29) is 18.2 Å². The van der Waals surface area contributed by atoms with Crippen LogP contribution in [0.3, 0.4) is 0 Å². The van der Waals surface area contributed by atoms with Crippen LogP contribution >= 0.6 is 0 Å². The maximum Gasteiger partial charge on any atom is 0.0989 e. The van der Waals surface area contributed by atoms with E-state index in [0.717, 1.165) is 19.4 Å². The standard InChI is InChI=1S/C15H31NO3/c1-3-4-5-6-7-8-9-18-14-12-13(16)15(14)19-11-10-17-2/h13-15H,3-12,16H2,1-2H3. The molecular weight excluding hydrogens is 242 g/mol. The van der Waals surface area contributed by atoms with Crippen molar-refractivity contribution in [3.05, 3.63) is 0 Å². The Morgan fingerprint density at radius 2 is 1.68 bits per heavy atom. The summed E-state index contributed by atoms with van der Waals surface area (Å²) in [4.78, 5) is 0. The molecule has 4 nitrogen and oxygen atoms in total. The summed E-state index contributed by atoms with van der Waals surface area (Å²) in [5, 5.41) is 0. The third-order valence-electron chi connectivity index (χ3n) is 3.72. The fraction of sp³-hybridized carbons (Fsp3) is 1.00. The number of hydrogen-bond donors (Lipinski definition) is 1. The van der Waals surface area contributed by atoms with Crippen molar-refractivity contribution in [2.45, 2.75) is 70.1 Å². The van der Waals surface area contributed by atoms with E-state index in [0.29, 0.717) is 13.2 Å². The Morgan fingerprint density at radius 1 is 0.947 bits per heavy atom. The van der Waals surface area contributed by atoms with E-state index in [4.69, 9.17) is 19.9 Å². The highest BCUT2D eigenvalue weighted by molar-refractivity contribution is 4.95. The van der Waals surface area contributed by atoms with Gasteiger partial charge in [0.25, 0.3) is 0 Å². The van der Waals surface area contributed by atoms with Gasteiger partial charge in [0.05, 0.1) is 25.4 Å². The van der Waals surface area contributed by atoms with E-state index < -0.39 is 0 Å². The molecule has 0 amide bonds. The van der Waals surface area contributed by atoms with Crippen LogP contribution in [0.5, 0.6) is 0 Å². The SMILES string of the molecule is CCCCCCCCOC1CC(N)C1OCCOC. The zero-order valence-corrected chi connectivity index (χ0v) is 12.6. The van der Waals surface area contributed by atoms with Gasteiger partial charge < -0.3 is 19.9 Å². The van der Waals surface area contributed by atoms with E-state index in [1.807, 2.05) is 0 Å². The number of ether oxygens (including phenoxy) is 3. The van der Waals surface area contributed by atoms with Crippen LogP contribution < -0.4 is 5.73 Å². The van der Waals surface area contributed by atoms with Crippen LogP contribution in [0.2, 0.25) is 0 Å². The van der Waals surface area contributed by atoms with E-state index >= 15 is 0 Å². The van der Waals surface area contributed by atoms with Crippen molar-refractivity contribution in [3.8, 4) is 0 Å². The van der Waals surface area contributed by atoms with Gasteiger partial charge in [0.15, 0.2) is 0 Å². The minimum atomic E-state index is 0.0650. The van der Waals surface area contributed by atoms with E-state index in [1.165, 1.54) is 32.1 Å². The van der Waals surface area contributed by atoms with Gasteiger partial charge in [-0.05, 0) is 12.8 Å². The first-order chi connectivity index (χ1) is 9.29. The fourth-order valence-corrected chi connectivity index (χ4v) is 2.39. The van der Waals surface area contributed by atoms with Crippen LogP contribution in [0.15, 0.2) is 0 Å². The zero-order valence-electron chi connectivity index (χ0n) is 12.6. The van der Waals surface area contributed by atoms with E-state index in [9.17, 15) is 0 Å². The van der Waals surface area contributed by atoms with E-state index in [2.05, 4.69) is 6.92 Å². The van der Waals surface area contributed by atoms with Gasteiger partial charge in [-0.2, -0.15) is 0 Å². The van der Waals surface area contributed by atoms with Crippen molar-refractivity contribution in [2.75, 3.05) is 26.9 Å². The van der Waals surface area contributed by atoms with Gasteiger partial charge in [-0.25, -0.2) is 0 Å². The summed E-state index contributed by atoms with van der Waals surface area (Å²) in [7, 11) is 1.68. The van der Waals surface area contributed by atoms with Crippen molar-refractivity contribution in [1.82, 2.24) is 0 Å². The molecule has 1 rings (SSSR count). The molecule has 0 heterocycles. The summed E-state index contributed by atoms with van der Waals surface area (Å²) in [6.07, 6.45) is 8.95. The second-order valence-corrected chi connectivity index (χ2v) is 5.40. The molecule has 3 unspecified atom stereocenters. The van der Waals surface area contributed by atoms with Gasteiger partial charge in [0, 0.05) is 19.8 Å². The Bertz CT molecular complexity index is 214. The molecule has 3 atom stereocenters. The summed E-state index contributed by atoms with van der Waals surface area (Å²) < 4.78 is 16.5. The zero-order chi connectivity index (χ0) is 13.9. The molecule has 0 aliphatic heterocycles. The average Bonchev–Trinajstić information content (AvgIpc) is 2.41. The summed E-state index contributed by atoms with van der Waals surface area (Å²) in [6, 6.07) is 0.131. The first-order valence-electron chi connectivity index (χ1n) is 7.77. The minimum Gasteiger partial charge on any atom is -0.382 e. The van der Waals surface area contributed by atoms with Crippen LogP contribution in [-0.4, -0.2) is 45.2 Å². The lowest BCUT2D eigenvalue weighted by atomic mass is 9.86. The first-order valence-corrected chi connectivity index (χ1v) is 7.77. The first kappa shape index (κ1) is 16.9. The van der Waals surface area contributed by atoms with Crippen molar-refractivity contribution in [2.24, 2.45) is 5.73 Å². The van der Waals surface area contributed by atoms with Gasteiger partial charge in [-0.15, -0.1) is 0 Å². The van der Waals surface area contributed by atoms with Crippen molar-refractivity contribution >= 4 is 0 Å². The van der Waals surface area contributed by atoms with Gasteiger partial charge in [0.2, 0.25) is 0 Å². The van der Waals surface area contributed by atoms with Gasteiger partial charge in [0.1, 0.15) is 0 Å². The molecule has 0 bridgehead atoms. The van der Waals surface area contributed by atoms with Crippen molar-refractivity contribution in [3.63, 3.8) is 0 Å². The maximum atomic E-state index is 5.93. The van der Waals surface area contributed by atoms with Crippen LogP contribution in [-0.2, 0) is 14.2 Å². The maximum absolute atomic E-state index is 5.93. The Morgan fingerprint density at radius 3 is 2.37 bits per heavy atom. The molecule has 114 valence electrons. The second-order valence-electron chi connectivity index (χ2n) is 5.40. The molecule has 0 aromatic heterocycles. The predicted octanol–water partition coefficient (Wildman–Crippen LogP) is 2.49. The van der Waals surface area contributed by atoms with Crippen molar-refractivity contribution in [1.29, 1.82) is 0 Å². The summed E-state index contributed by atoms with van der Waals surface area (Å²) in [5.41, 5.74) is 5.93. The quantitative estimate of drug-likeness (QED) is 0.555. The molecule has 1 fully saturated rings. The molecule has 0 aromatic rings. The molecule has 19 heavy (non-hydrogen) atoms. The monoisotopic (exact) mass is 273 g/mol. The predicted molar refractivity (Wildman–Crippen MR) is 77.3 cm³/mol. The molecule has 0 radical (unpaired) electrons. The summed E-state index contributed by atoms with van der Waals surface area (Å²) in [6.45, 7) is 4.30. The number of rotatable bonds is 12. The fourth-order valence-electron chi connectivity index (χ4n) is 2.39. The molecule has 0 saturated heterocycles. The molecule has 0 aromatic carbocycles. The second kappa shape index (κ2) is 10.6. The van der Waals surface area contributed by atoms with Crippen LogP contribution in [0.25, 0.3) is 0 Å². The third kappa shape index (κ3) is 6.70. The number of unbranched alkanes of at least 4 members (excludes halogenated alkanes) is 5. The molecule has 0 spiro atoms. The molecule has 1 aliphatic carbocycles. The van der Waals surface area contributed by atoms with Crippen LogP contribution in [0, 0.1) is 0 Å². The Labute approximate surface area is 118 Å². The number of hydrogen-bond acceptors (Lipinski definition) is 4. The highest BCUT2D eigenvalue weighted by atomic mass is 16.6. The van der Waals surface area contributed by atoms with Gasteiger partial charge in [-0.3, -0.25) is 0 Å². The lowest BCUT2D eigenvalue weighted by molar-refractivity contribution is -0.145. The summed E-state index contributed by atoms with van der Waals surface area (Å²) >= 11 is 0. The highest BCUT2D eigenvalue weighted by Gasteiger charge is 2.40. The number of nitrogens with two attached hydrogens (primary N) is 1. The van der Waals surface area contributed by atoms with Gasteiger partial charge in [-0.1, -0.05) is 39.0 Å². The minimum absolute atomic E-state index is 0.0650. The molecule has 1 aliphatic rings. The highest BCUT2D eigenvalue weighted by Crippen LogP contribution is 2.26. The third-order valence-corrected chi connectivity index (χ3v) is 3.72. The molecular formula is C15H31NO3. The molecule has 4 heteroatoms. The lowest BCUT2D eigenvalue weighted by Gasteiger charge is -2.41. The molecule has 1 saturated carbocycles. The number of methoxy groups -OCH3 is 1. The Hall–Kier alpha value is -0.160. The lowest BCUT2D eigenvalue weighted by Crippen LogP contribution is -2.58. The smallest absolute Gasteiger partial charge is 0.0989 e. The van der Waals surface area contributed by atoms with Crippen LogP contribution in [0.1, 0.15) is 51.9 Å². The average molecular weight is 273 g/mol. The Balaban J connectivity index is 1.96. The topological polar surface area (TPSA) is 53.7 Å². The van der Waals surface area contributed by atoms with Gasteiger partial charge >= 0.3 is 0 Å². The normalized spacial score (nSPS) is 26.4. The largest absolute Gasteiger partial charge is 0.382 e. The van der Waals surface area contributed by atoms with Crippen LogP contribution in [0.4, 0.5) is 0 Å².